The van der Waals surface area contributed by atoms with Gasteiger partial charge in [-0.2, -0.15) is 0 Å². The third-order valence-electron chi connectivity index (χ3n) is 2.58. The summed E-state index contributed by atoms with van der Waals surface area (Å²) in [6, 6.07) is 0. The Morgan fingerprint density at radius 3 is 2.78 bits per heavy atom. The standard InChI is InChI=1S/C12H21NO5/c1-5-9-11(18-12(2,3)17-9)10(6-7-13-14)16-8-15-4/h5,7,9-11,14H,1,6,8H2,2-4H3/b13-7+. The molecular weight excluding hydrogens is 238 g/mol. The Hall–Kier alpha value is -0.950. The van der Waals surface area contributed by atoms with Crippen molar-refractivity contribution in [2.45, 2.75) is 44.4 Å². The van der Waals surface area contributed by atoms with Crippen molar-refractivity contribution in [3.8, 4) is 0 Å². The zero-order chi connectivity index (χ0) is 13.6. The molecular formula is C12H21NO5. The first-order valence-electron chi connectivity index (χ1n) is 5.78. The summed E-state index contributed by atoms with van der Waals surface area (Å²) in [4.78, 5) is 0. The van der Waals surface area contributed by atoms with Gasteiger partial charge in [0.2, 0.25) is 0 Å². The lowest BCUT2D eigenvalue weighted by atomic mass is 10.1. The lowest BCUT2D eigenvalue weighted by molar-refractivity contribution is -0.168. The van der Waals surface area contributed by atoms with Crippen molar-refractivity contribution in [2.75, 3.05) is 13.9 Å². The second kappa shape index (κ2) is 6.84. The Bertz CT molecular complexity index is 292. The van der Waals surface area contributed by atoms with E-state index < -0.39 is 5.79 Å². The van der Waals surface area contributed by atoms with E-state index in [9.17, 15) is 0 Å². The zero-order valence-corrected chi connectivity index (χ0v) is 11.0. The largest absolute Gasteiger partial charge is 0.411 e. The van der Waals surface area contributed by atoms with Crippen LogP contribution in [0.4, 0.5) is 0 Å². The predicted octanol–water partition coefficient (Wildman–Crippen LogP) is 1.53. The highest BCUT2D eigenvalue weighted by Crippen LogP contribution is 2.32. The van der Waals surface area contributed by atoms with Crippen LogP contribution in [0, 0.1) is 0 Å². The first-order chi connectivity index (χ1) is 8.54. The molecule has 1 saturated heterocycles. The summed E-state index contributed by atoms with van der Waals surface area (Å²) in [6.07, 6.45) is 2.52. The van der Waals surface area contributed by atoms with Crippen LogP contribution in [0.15, 0.2) is 17.8 Å². The molecule has 104 valence electrons. The van der Waals surface area contributed by atoms with Crippen molar-refractivity contribution in [1.29, 1.82) is 0 Å². The fraction of sp³-hybridized carbons (Fsp3) is 0.750. The van der Waals surface area contributed by atoms with Crippen LogP contribution in [0.2, 0.25) is 0 Å². The summed E-state index contributed by atoms with van der Waals surface area (Å²) in [5, 5.41) is 11.5. The van der Waals surface area contributed by atoms with Gasteiger partial charge in [-0.05, 0) is 13.8 Å². The van der Waals surface area contributed by atoms with Crippen LogP contribution in [-0.4, -0.2) is 49.4 Å². The summed E-state index contributed by atoms with van der Waals surface area (Å²) < 4.78 is 21.9. The average Bonchev–Trinajstić information content (AvgIpc) is 2.65. The maximum absolute atomic E-state index is 8.50. The highest BCUT2D eigenvalue weighted by Gasteiger charge is 2.44. The van der Waals surface area contributed by atoms with E-state index in [2.05, 4.69) is 11.7 Å². The molecule has 0 amide bonds. The third-order valence-corrected chi connectivity index (χ3v) is 2.58. The number of nitrogens with zero attached hydrogens (tertiary/aromatic N) is 1. The monoisotopic (exact) mass is 259 g/mol. The van der Waals surface area contributed by atoms with E-state index in [-0.39, 0.29) is 25.1 Å². The van der Waals surface area contributed by atoms with Crippen molar-refractivity contribution in [1.82, 2.24) is 0 Å². The Morgan fingerprint density at radius 1 is 1.50 bits per heavy atom. The Morgan fingerprint density at radius 2 is 2.22 bits per heavy atom. The highest BCUT2D eigenvalue weighted by molar-refractivity contribution is 5.57. The summed E-state index contributed by atoms with van der Waals surface area (Å²) >= 11 is 0. The SMILES string of the molecule is C=CC1OC(C)(C)OC1C(C/C=N/O)OCOC. The Labute approximate surface area is 107 Å². The van der Waals surface area contributed by atoms with Crippen molar-refractivity contribution in [3.05, 3.63) is 12.7 Å². The van der Waals surface area contributed by atoms with E-state index in [1.54, 1.807) is 6.08 Å². The van der Waals surface area contributed by atoms with E-state index >= 15 is 0 Å². The maximum atomic E-state index is 8.50. The first-order valence-corrected chi connectivity index (χ1v) is 5.78. The maximum Gasteiger partial charge on any atom is 0.164 e. The molecule has 1 aliphatic rings. The minimum Gasteiger partial charge on any atom is -0.411 e. The number of hydrogen-bond donors (Lipinski definition) is 1. The van der Waals surface area contributed by atoms with Crippen molar-refractivity contribution in [3.63, 3.8) is 0 Å². The fourth-order valence-electron chi connectivity index (χ4n) is 1.89. The Kier molecular flexibility index (Phi) is 5.74. The van der Waals surface area contributed by atoms with E-state index in [1.165, 1.54) is 13.3 Å². The van der Waals surface area contributed by atoms with Gasteiger partial charge in [-0.1, -0.05) is 6.08 Å². The number of oxime groups is 1. The molecule has 18 heavy (non-hydrogen) atoms. The molecule has 0 radical (unpaired) electrons. The fourth-order valence-corrected chi connectivity index (χ4v) is 1.89. The molecule has 3 atom stereocenters. The third kappa shape index (κ3) is 4.06. The number of methoxy groups -OCH3 is 1. The van der Waals surface area contributed by atoms with E-state index in [1.807, 2.05) is 13.8 Å². The van der Waals surface area contributed by atoms with Crippen LogP contribution in [0.1, 0.15) is 20.3 Å². The number of hydrogen-bond acceptors (Lipinski definition) is 6. The average molecular weight is 259 g/mol. The molecule has 1 fully saturated rings. The molecule has 0 aromatic carbocycles. The summed E-state index contributed by atoms with van der Waals surface area (Å²) in [5.74, 6) is -0.686. The van der Waals surface area contributed by atoms with Crippen LogP contribution in [-0.2, 0) is 18.9 Å². The molecule has 1 rings (SSSR count). The molecule has 0 spiro atoms. The van der Waals surface area contributed by atoms with Crippen LogP contribution >= 0.6 is 0 Å². The molecule has 0 aromatic rings. The van der Waals surface area contributed by atoms with Gasteiger partial charge in [0.15, 0.2) is 5.79 Å². The first kappa shape index (κ1) is 15.1. The van der Waals surface area contributed by atoms with Gasteiger partial charge in [0.1, 0.15) is 19.0 Å². The van der Waals surface area contributed by atoms with Gasteiger partial charge < -0.3 is 24.2 Å². The van der Waals surface area contributed by atoms with Gasteiger partial charge in [0.25, 0.3) is 0 Å². The van der Waals surface area contributed by atoms with Crippen LogP contribution in [0.5, 0.6) is 0 Å². The molecule has 0 aliphatic carbocycles. The van der Waals surface area contributed by atoms with Gasteiger partial charge in [0.05, 0.1) is 6.10 Å². The van der Waals surface area contributed by atoms with Crippen molar-refractivity contribution < 1.29 is 24.2 Å². The number of rotatable bonds is 7. The predicted molar refractivity (Wildman–Crippen MR) is 65.7 cm³/mol. The Balaban J connectivity index is 2.72. The van der Waals surface area contributed by atoms with E-state index in [0.717, 1.165) is 0 Å². The van der Waals surface area contributed by atoms with Crippen LogP contribution in [0.25, 0.3) is 0 Å². The van der Waals surface area contributed by atoms with Gasteiger partial charge in [-0.25, -0.2) is 0 Å². The molecule has 0 bridgehead atoms. The summed E-state index contributed by atoms with van der Waals surface area (Å²) in [7, 11) is 1.54. The lowest BCUT2D eigenvalue weighted by Crippen LogP contribution is -2.37. The molecule has 6 heteroatoms. The van der Waals surface area contributed by atoms with E-state index in [0.29, 0.717) is 6.42 Å². The smallest absolute Gasteiger partial charge is 0.164 e. The molecule has 1 heterocycles. The van der Waals surface area contributed by atoms with Gasteiger partial charge >= 0.3 is 0 Å². The van der Waals surface area contributed by atoms with Gasteiger partial charge in [0, 0.05) is 19.7 Å². The lowest BCUT2D eigenvalue weighted by Gasteiger charge is -2.24. The van der Waals surface area contributed by atoms with Crippen molar-refractivity contribution in [2.24, 2.45) is 5.16 Å². The van der Waals surface area contributed by atoms with Crippen LogP contribution in [0.3, 0.4) is 0 Å². The second-order valence-corrected chi connectivity index (χ2v) is 4.45. The van der Waals surface area contributed by atoms with Gasteiger partial charge in [-0.15, -0.1) is 11.7 Å². The summed E-state index contributed by atoms with van der Waals surface area (Å²) in [6.45, 7) is 7.52. The zero-order valence-electron chi connectivity index (χ0n) is 11.0. The molecule has 1 N–H and O–H groups in total. The quantitative estimate of drug-likeness (QED) is 0.247. The van der Waals surface area contributed by atoms with Crippen LogP contribution < -0.4 is 0 Å². The second-order valence-electron chi connectivity index (χ2n) is 4.45. The highest BCUT2D eigenvalue weighted by atomic mass is 16.8. The molecule has 0 aromatic heterocycles. The summed E-state index contributed by atoms with van der Waals surface area (Å²) in [5.41, 5.74) is 0. The molecule has 3 unspecified atom stereocenters. The molecule has 1 aliphatic heterocycles. The molecule has 6 nitrogen and oxygen atoms in total. The molecule has 0 saturated carbocycles. The normalized spacial score (nSPS) is 28.6. The minimum absolute atomic E-state index is 0.133. The topological polar surface area (TPSA) is 69.5 Å². The minimum atomic E-state index is -0.686. The van der Waals surface area contributed by atoms with Gasteiger partial charge in [-0.3, -0.25) is 0 Å². The number of ether oxygens (including phenoxy) is 4. The van der Waals surface area contributed by atoms with E-state index in [4.69, 9.17) is 24.2 Å². The van der Waals surface area contributed by atoms with Crippen molar-refractivity contribution >= 4 is 6.21 Å².